The molecular weight excluding hydrogens is 146 g/mol. The second-order valence-corrected chi connectivity index (χ2v) is 5.21. The minimum atomic E-state index is 0.602. The predicted octanol–water partition coefficient (Wildman–Crippen LogP) is 2.91. The summed E-state index contributed by atoms with van der Waals surface area (Å²) in [7, 11) is 4.42. The lowest BCUT2D eigenvalue weighted by molar-refractivity contribution is 0.253. The van der Waals surface area contributed by atoms with Crippen LogP contribution in [0.4, 0.5) is 0 Å². The summed E-state index contributed by atoms with van der Waals surface area (Å²) in [4.78, 5) is 2.39. The molecule has 1 heteroatoms. The summed E-state index contributed by atoms with van der Waals surface area (Å²) in [6.07, 6.45) is 7.01. The van der Waals surface area contributed by atoms with E-state index in [2.05, 4.69) is 32.8 Å². The van der Waals surface area contributed by atoms with E-state index >= 15 is 0 Å². The van der Waals surface area contributed by atoms with Crippen LogP contribution in [-0.2, 0) is 0 Å². The standard InChI is InChI=1S/C11H23N/c1-11(2)8-5-6-10(7-9-11)12(3)4/h10H,5-9H2,1-4H3. The molecule has 1 aliphatic carbocycles. The first-order chi connectivity index (χ1) is 5.51. The van der Waals surface area contributed by atoms with E-state index in [1.165, 1.54) is 32.1 Å². The molecule has 1 aliphatic rings. The summed E-state index contributed by atoms with van der Waals surface area (Å²) in [5, 5.41) is 0. The minimum Gasteiger partial charge on any atom is -0.306 e. The third kappa shape index (κ3) is 2.78. The second kappa shape index (κ2) is 3.78. The number of rotatable bonds is 1. The van der Waals surface area contributed by atoms with Crippen LogP contribution in [0.3, 0.4) is 0 Å². The first kappa shape index (κ1) is 10.0. The SMILES string of the molecule is CN(C)C1CCCC(C)(C)CC1. The van der Waals surface area contributed by atoms with Gasteiger partial charge in [-0.1, -0.05) is 20.3 Å². The van der Waals surface area contributed by atoms with Crippen LogP contribution in [0.5, 0.6) is 0 Å². The summed E-state index contributed by atoms with van der Waals surface area (Å²) in [5.74, 6) is 0. The van der Waals surface area contributed by atoms with E-state index in [1.807, 2.05) is 0 Å². The van der Waals surface area contributed by atoms with E-state index in [4.69, 9.17) is 0 Å². The van der Waals surface area contributed by atoms with E-state index in [1.54, 1.807) is 0 Å². The molecule has 1 atom stereocenters. The fourth-order valence-electron chi connectivity index (χ4n) is 2.16. The van der Waals surface area contributed by atoms with Crippen LogP contribution in [0.15, 0.2) is 0 Å². The summed E-state index contributed by atoms with van der Waals surface area (Å²) in [6, 6.07) is 0.840. The molecule has 72 valence electrons. The van der Waals surface area contributed by atoms with Gasteiger partial charge in [0, 0.05) is 6.04 Å². The van der Waals surface area contributed by atoms with Crippen molar-refractivity contribution < 1.29 is 0 Å². The molecule has 1 saturated carbocycles. The van der Waals surface area contributed by atoms with E-state index in [0.717, 1.165) is 6.04 Å². The van der Waals surface area contributed by atoms with E-state index in [9.17, 15) is 0 Å². The molecule has 0 aromatic heterocycles. The van der Waals surface area contributed by atoms with Crippen molar-refractivity contribution in [2.24, 2.45) is 5.41 Å². The van der Waals surface area contributed by atoms with Crippen LogP contribution in [0, 0.1) is 5.41 Å². The highest BCUT2D eigenvalue weighted by Crippen LogP contribution is 2.34. The smallest absolute Gasteiger partial charge is 0.00893 e. The van der Waals surface area contributed by atoms with E-state index in [-0.39, 0.29) is 0 Å². The topological polar surface area (TPSA) is 3.24 Å². The van der Waals surface area contributed by atoms with Crippen molar-refractivity contribution in [1.29, 1.82) is 0 Å². The first-order valence-electron chi connectivity index (χ1n) is 5.18. The van der Waals surface area contributed by atoms with Crippen LogP contribution in [0.25, 0.3) is 0 Å². The maximum Gasteiger partial charge on any atom is 0.00893 e. The molecule has 1 nitrogen and oxygen atoms in total. The number of nitrogens with zero attached hydrogens (tertiary/aromatic N) is 1. The number of hydrogen-bond donors (Lipinski definition) is 0. The lowest BCUT2D eigenvalue weighted by Gasteiger charge is -2.24. The summed E-state index contributed by atoms with van der Waals surface area (Å²) >= 11 is 0. The van der Waals surface area contributed by atoms with Gasteiger partial charge in [0.15, 0.2) is 0 Å². The number of hydrogen-bond acceptors (Lipinski definition) is 1. The Bertz CT molecular complexity index is 138. The molecule has 0 radical (unpaired) electrons. The zero-order valence-electron chi connectivity index (χ0n) is 9.06. The van der Waals surface area contributed by atoms with Gasteiger partial charge in [0.1, 0.15) is 0 Å². The lowest BCUT2D eigenvalue weighted by atomic mass is 9.85. The molecule has 0 saturated heterocycles. The van der Waals surface area contributed by atoms with Gasteiger partial charge >= 0.3 is 0 Å². The Morgan fingerprint density at radius 2 is 1.75 bits per heavy atom. The molecule has 1 rings (SSSR count). The van der Waals surface area contributed by atoms with Crippen LogP contribution in [-0.4, -0.2) is 25.0 Å². The molecule has 0 N–H and O–H groups in total. The van der Waals surface area contributed by atoms with Crippen LogP contribution < -0.4 is 0 Å². The van der Waals surface area contributed by atoms with Crippen LogP contribution >= 0.6 is 0 Å². The molecule has 0 aliphatic heterocycles. The molecule has 12 heavy (non-hydrogen) atoms. The van der Waals surface area contributed by atoms with Crippen molar-refractivity contribution in [3.63, 3.8) is 0 Å². The predicted molar refractivity (Wildman–Crippen MR) is 54.3 cm³/mol. The van der Waals surface area contributed by atoms with E-state index in [0.29, 0.717) is 5.41 Å². The van der Waals surface area contributed by atoms with Crippen LogP contribution in [0.1, 0.15) is 46.0 Å². The zero-order valence-corrected chi connectivity index (χ0v) is 9.06. The third-order valence-electron chi connectivity index (χ3n) is 3.28. The quantitative estimate of drug-likeness (QED) is 0.546. The van der Waals surface area contributed by atoms with Crippen molar-refractivity contribution in [3.05, 3.63) is 0 Å². The monoisotopic (exact) mass is 169 g/mol. The molecule has 1 unspecified atom stereocenters. The summed E-state index contributed by atoms with van der Waals surface area (Å²) in [6.45, 7) is 4.82. The fraction of sp³-hybridized carbons (Fsp3) is 1.00. The molecule has 0 aromatic carbocycles. The van der Waals surface area contributed by atoms with Gasteiger partial charge in [-0.2, -0.15) is 0 Å². The van der Waals surface area contributed by atoms with Crippen molar-refractivity contribution in [1.82, 2.24) is 4.90 Å². The maximum absolute atomic E-state index is 2.41. The summed E-state index contributed by atoms with van der Waals surface area (Å²) < 4.78 is 0. The van der Waals surface area contributed by atoms with E-state index < -0.39 is 0 Å². The van der Waals surface area contributed by atoms with Gasteiger partial charge in [-0.3, -0.25) is 0 Å². The van der Waals surface area contributed by atoms with Gasteiger partial charge in [-0.25, -0.2) is 0 Å². The van der Waals surface area contributed by atoms with Gasteiger partial charge in [0.05, 0.1) is 0 Å². The minimum absolute atomic E-state index is 0.602. The fourth-order valence-corrected chi connectivity index (χ4v) is 2.16. The average molecular weight is 169 g/mol. The highest BCUT2D eigenvalue weighted by Gasteiger charge is 2.24. The molecule has 0 spiro atoms. The highest BCUT2D eigenvalue weighted by molar-refractivity contribution is 4.79. The Morgan fingerprint density at radius 3 is 2.33 bits per heavy atom. The van der Waals surface area contributed by atoms with Crippen molar-refractivity contribution in [3.8, 4) is 0 Å². The van der Waals surface area contributed by atoms with Gasteiger partial charge in [-0.05, 0) is 45.2 Å². The van der Waals surface area contributed by atoms with Crippen molar-refractivity contribution in [2.75, 3.05) is 14.1 Å². The third-order valence-corrected chi connectivity index (χ3v) is 3.28. The summed E-state index contributed by atoms with van der Waals surface area (Å²) in [5.41, 5.74) is 0.602. The van der Waals surface area contributed by atoms with Gasteiger partial charge in [0.2, 0.25) is 0 Å². The molecule has 1 fully saturated rings. The van der Waals surface area contributed by atoms with Crippen LogP contribution in [0.2, 0.25) is 0 Å². The van der Waals surface area contributed by atoms with Crippen molar-refractivity contribution in [2.45, 2.75) is 52.0 Å². The Kier molecular flexibility index (Phi) is 3.16. The lowest BCUT2D eigenvalue weighted by Crippen LogP contribution is -2.27. The Balaban J connectivity index is 2.45. The Morgan fingerprint density at radius 1 is 1.08 bits per heavy atom. The van der Waals surface area contributed by atoms with Gasteiger partial charge in [-0.15, -0.1) is 0 Å². The largest absolute Gasteiger partial charge is 0.306 e. The maximum atomic E-state index is 2.41. The Hall–Kier alpha value is -0.0400. The van der Waals surface area contributed by atoms with Crippen molar-refractivity contribution >= 4 is 0 Å². The normalized spacial score (nSPS) is 30.2. The highest BCUT2D eigenvalue weighted by atomic mass is 15.1. The molecule has 0 aromatic rings. The van der Waals surface area contributed by atoms with Gasteiger partial charge in [0.25, 0.3) is 0 Å². The molecular formula is C11H23N. The second-order valence-electron chi connectivity index (χ2n) is 5.21. The Labute approximate surface area is 77.1 Å². The average Bonchev–Trinajstić information content (AvgIpc) is 2.10. The zero-order chi connectivity index (χ0) is 9.19. The first-order valence-corrected chi connectivity index (χ1v) is 5.18. The molecule has 0 amide bonds. The van der Waals surface area contributed by atoms with Gasteiger partial charge < -0.3 is 4.90 Å². The molecule has 0 bridgehead atoms. The molecule has 0 heterocycles.